The van der Waals surface area contributed by atoms with Gasteiger partial charge in [0, 0.05) is 6.54 Å². The number of para-hydroxylation sites is 1. The maximum absolute atomic E-state index is 13.5. The number of phenols is 1. The minimum absolute atomic E-state index is 0.0486. The molecule has 0 saturated carbocycles. The van der Waals surface area contributed by atoms with Gasteiger partial charge in [0.15, 0.2) is 16.9 Å². The van der Waals surface area contributed by atoms with Crippen molar-refractivity contribution in [3.05, 3.63) is 99.4 Å². The van der Waals surface area contributed by atoms with Gasteiger partial charge in [-0.05, 0) is 47.5 Å². The van der Waals surface area contributed by atoms with Crippen molar-refractivity contribution in [3.63, 3.8) is 0 Å². The number of fused-ring (bicyclic) bond motifs is 3. The van der Waals surface area contributed by atoms with Crippen molar-refractivity contribution in [2.75, 3.05) is 6.79 Å². The number of hydrogen-bond acceptors (Lipinski definition) is 6. The van der Waals surface area contributed by atoms with E-state index in [2.05, 4.69) is 0 Å². The Kier molecular flexibility index (Phi) is 3.98. The summed E-state index contributed by atoms with van der Waals surface area (Å²) in [7, 11) is 0. The number of hydrogen-bond donors (Lipinski definition) is 1. The van der Waals surface area contributed by atoms with Crippen LogP contribution in [0.1, 0.15) is 33.3 Å². The van der Waals surface area contributed by atoms with Crippen LogP contribution in [0.15, 0.2) is 75.9 Å². The second kappa shape index (κ2) is 6.88. The van der Waals surface area contributed by atoms with E-state index in [0.717, 1.165) is 5.56 Å². The Balaban J connectivity index is 1.51. The van der Waals surface area contributed by atoms with Crippen molar-refractivity contribution in [2.24, 2.45) is 0 Å². The van der Waals surface area contributed by atoms with E-state index >= 15 is 0 Å². The summed E-state index contributed by atoms with van der Waals surface area (Å²) in [6.07, 6.45) is 0. The number of rotatable bonds is 3. The molecule has 1 aromatic heterocycles. The normalized spacial score (nSPS) is 16.6. The second-order valence-electron chi connectivity index (χ2n) is 7.78. The van der Waals surface area contributed by atoms with Gasteiger partial charge >= 0.3 is 0 Å². The van der Waals surface area contributed by atoms with Gasteiger partial charge in [0.25, 0.3) is 5.91 Å². The predicted molar refractivity (Wildman–Crippen MR) is 115 cm³/mol. The third-order valence-electron chi connectivity index (χ3n) is 5.87. The smallest absolute Gasteiger partial charge is 0.291 e. The third-order valence-corrected chi connectivity index (χ3v) is 5.87. The highest BCUT2D eigenvalue weighted by Gasteiger charge is 2.42. The van der Waals surface area contributed by atoms with E-state index in [9.17, 15) is 14.7 Å². The molecular formula is C25H17NO6. The minimum Gasteiger partial charge on any atom is -0.508 e. The Labute approximate surface area is 182 Å². The molecule has 4 aromatic rings. The lowest BCUT2D eigenvalue weighted by Crippen LogP contribution is -2.29. The van der Waals surface area contributed by atoms with Gasteiger partial charge < -0.3 is 23.9 Å². The van der Waals surface area contributed by atoms with Gasteiger partial charge in [-0.25, -0.2) is 0 Å². The van der Waals surface area contributed by atoms with Crippen LogP contribution < -0.4 is 14.9 Å². The Hall–Kier alpha value is -4.26. The first-order chi connectivity index (χ1) is 15.6. The topological polar surface area (TPSA) is 89.2 Å². The lowest BCUT2D eigenvalue weighted by molar-refractivity contribution is 0.0714. The van der Waals surface area contributed by atoms with Crippen LogP contribution in [0.4, 0.5) is 0 Å². The summed E-state index contributed by atoms with van der Waals surface area (Å²) in [4.78, 5) is 28.5. The molecule has 0 fully saturated rings. The number of amides is 1. The van der Waals surface area contributed by atoms with Crippen LogP contribution in [0, 0.1) is 0 Å². The first-order valence-electron chi connectivity index (χ1n) is 10.1. The van der Waals surface area contributed by atoms with Crippen molar-refractivity contribution in [2.45, 2.75) is 12.6 Å². The molecule has 2 aliphatic rings. The summed E-state index contributed by atoms with van der Waals surface area (Å²) in [6, 6.07) is 18.3. The van der Waals surface area contributed by atoms with E-state index in [1.54, 1.807) is 59.5 Å². The average molecular weight is 427 g/mol. The molecule has 0 aliphatic carbocycles. The number of phenolic OH excluding ortho intramolecular Hbond substituents is 1. The molecular weight excluding hydrogens is 410 g/mol. The molecule has 1 N–H and O–H groups in total. The molecule has 1 atom stereocenters. The van der Waals surface area contributed by atoms with Gasteiger partial charge in [-0.3, -0.25) is 9.59 Å². The molecule has 0 unspecified atom stereocenters. The average Bonchev–Trinajstić information content (AvgIpc) is 3.38. The second-order valence-corrected chi connectivity index (χ2v) is 7.78. The number of carbonyl (C=O) groups excluding carboxylic acids is 1. The largest absolute Gasteiger partial charge is 0.508 e. The van der Waals surface area contributed by atoms with E-state index in [0.29, 0.717) is 33.6 Å². The summed E-state index contributed by atoms with van der Waals surface area (Å²) in [5, 5.41) is 10.2. The molecule has 0 radical (unpaired) electrons. The highest BCUT2D eigenvalue weighted by Crippen LogP contribution is 2.40. The quantitative estimate of drug-likeness (QED) is 0.532. The number of aromatic hydroxyl groups is 1. The zero-order valence-electron chi connectivity index (χ0n) is 16.8. The van der Waals surface area contributed by atoms with E-state index in [1.807, 2.05) is 12.1 Å². The van der Waals surface area contributed by atoms with Crippen LogP contribution in [-0.2, 0) is 6.54 Å². The lowest BCUT2D eigenvalue weighted by atomic mass is 9.98. The molecule has 6 rings (SSSR count). The van der Waals surface area contributed by atoms with E-state index in [1.165, 1.54) is 0 Å². The summed E-state index contributed by atoms with van der Waals surface area (Å²) in [5.74, 6) is 1.06. The van der Waals surface area contributed by atoms with Crippen molar-refractivity contribution < 1.29 is 23.8 Å². The molecule has 0 bridgehead atoms. The SMILES string of the molecule is O=C1c2oc3ccccc3c(=O)c2[C@@H](c2ccc(O)cc2)N1Cc1ccc2c(c1)OCO2. The molecule has 2 aliphatic heterocycles. The molecule has 0 spiro atoms. The summed E-state index contributed by atoms with van der Waals surface area (Å²) < 4.78 is 16.8. The van der Waals surface area contributed by atoms with Crippen molar-refractivity contribution in [1.82, 2.24) is 4.90 Å². The van der Waals surface area contributed by atoms with E-state index in [-0.39, 0.29) is 36.2 Å². The molecule has 3 aromatic carbocycles. The lowest BCUT2D eigenvalue weighted by Gasteiger charge is -2.25. The Morgan fingerprint density at radius 1 is 0.938 bits per heavy atom. The molecule has 32 heavy (non-hydrogen) atoms. The van der Waals surface area contributed by atoms with Crippen LogP contribution in [0.5, 0.6) is 17.2 Å². The van der Waals surface area contributed by atoms with Gasteiger partial charge in [-0.2, -0.15) is 0 Å². The maximum Gasteiger partial charge on any atom is 0.291 e. The third kappa shape index (κ3) is 2.75. The van der Waals surface area contributed by atoms with Crippen LogP contribution in [0.25, 0.3) is 11.0 Å². The number of ether oxygens (including phenoxy) is 2. The molecule has 1 amide bonds. The molecule has 3 heterocycles. The Morgan fingerprint density at radius 2 is 1.72 bits per heavy atom. The standard InChI is InChI=1S/C25H17NO6/c27-16-8-6-15(7-9-16)22-21-23(28)17-3-1-2-4-18(17)32-24(21)25(29)26(22)12-14-5-10-19-20(11-14)31-13-30-19/h1-11,22,27H,12-13H2/t22-/m1/s1. The van der Waals surface area contributed by atoms with Gasteiger partial charge in [0.05, 0.1) is 17.0 Å². The Morgan fingerprint density at radius 3 is 2.56 bits per heavy atom. The van der Waals surface area contributed by atoms with E-state index < -0.39 is 6.04 Å². The fourth-order valence-corrected chi connectivity index (χ4v) is 4.37. The molecule has 0 saturated heterocycles. The Bertz CT molecular complexity index is 1440. The zero-order valence-corrected chi connectivity index (χ0v) is 16.8. The van der Waals surface area contributed by atoms with Gasteiger partial charge in [0.1, 0.15) is 11.3 Å². The summed E-state index contributed by atoms with van der Waals surface area (Å²) in [6.45, 7) is 0.398. The van der Waals surface area contributed by atoms with Crippen LogP contribution in [-0.4, -0.2) is 22.7 Å². The summed E-state index contributed by atoms with van der Waals surface area (Å²) in [5.41, 5.74) is 1.98. The van der Waals surface area contributed by atoms with Gasteiger partial charge in [-0.15, -0.1) is 0 Å². The fraction of sp³-hybridized carbons (Fsp3) is 0.120. The van der Waals surface area contributed by atoms with Gasteiger partial charge in [0.2, 0.25) is 12.6 Å². The molecule has 7 heteroatoms. The fourth-order valence-electron chi connectivity index (χ4n) is 4.37. The maximum atomic E-state index is 13.5. The number of benzene rings is 3. The highest BCUT2D eigenvalue weighted by atomic mass is 16.7. The highest BCUT2D eigenvalue weighted by molar-refractivity contribution is 5.99. The zero-order chi connectivity index (χ0) is 21.8. The number of nitrogens with zero attached hydrogens (tertiary/aromatic N) is 1. The van der Waals surface area contributed by atoms with Crippen molar-refractivity contribution in [3.8, 4) is 17.2 Å². The van der Waals surface area contributed by atoms with Crippen molar-refractivity contribution >= 4 is 16.9 Å². The number of carbonyl (C=O) groups is 1. The van der Waals surface area contributed by atoms with Gasteiger partial charge in [-0.1, -0.05) is 30.3 Å². The monoisotopic (exact) mass is 427 g/mol. The first kappa shape index (κ1) is 18.5. The van der Waals surface area contributed by atoms with Crippen LogP contribution >= 0.6 is 0 Å². The molecule has 158 valence electrons. The van der Waals surface area contributed by atoms with Crippen LogP contribution in [0.2, 0.25) is 0 Å². The summed E-state index contributed by atoms with van der Waals surface area (Å²) >= 11 is 0. The van der Waals surface area contributed by atoms with E-state index in [4.69, 9.17) is 13.9 Å². The van der Waals surface area contributed by atoms with Crippen molar-refractivity contribution in [1.29, 1.82) is 0 Å². The minimum atomic E-state index is -0.649. The first-order valence-corrected chi connectivity index (χ1v) is 10.1. The van der Waals surface area contributed by atoms with Crippen LogP contribution in [0.3, 0.4) is 0 Å². The molecule has 7 nitrogen and oxygen atoms in total. The predicted octanol–water partition coefficient (Wildman–Crippen LogP) is 3.97.